The second-order valence-electron chi connectivity index (χ2n) is 5.23. The van der Waals surface area contributed by atoms with Crippen LogP contribution in [0, 0.1) is 11.3 Å². The Bertz CT molecular complexity index is 259. The molecule has 1 heterocycles. The Balaban J connectivity index is 2.39. The van der Waals surface area contributed by atoms with Gasteiger partial charge in [-0.1, -0.05) is 26.2 Å². The van der Waals surface area contributed by atoms with E-state index in [9.17, 15) is 5.11 Å². The van der Waals surface area contributed by atoms with Crippen molar-refractivity contribution in [1.29, 1.82) is 5.26 Å². The van der Waals surface area contributed by atoms with Gasteiger partial charge in [0.05, 0.1) is 18.3 Å². The van der Waals surface area contributed by atoms with Gasteiger partial charge in [0.15, 0.2) is 6.29 Å². The number of ether oxygens (including phenoxy) is 2. The molecule has 4 nitrogen and oxygen atoms in total. The van der Waals surface area contributed by atoms with Gasteiger partial charge in [0.2, 0.25) is 0 Å². The van der Waals surface area contributed by atoms with Gasteiger partial charge in [-0.25, -0.2) is 0 Å². The highest BCUT2D eigenvalue weighted by molar-refractivity contribution is 4.77. The average Bonchev–Trinajstić information content (AvgIpc) is 2.45. The van der Waals surface area contributed by atoms with Crippen LogP contribution in [0.2, 0.25) is 0 Å². The van der Waals surface area contributed by atoms with Gasteiger partial charge in [-0.15, -0.1) is 0 Å². The molecule has 1 fully saturated rings. The van der Waals surface area contributed by atoms with Crippen LogP contribution in [0.4, 0.5) is 0 Å². The fourth-order valence-electron chi connectivity index (χ4n) is 2.36. The molecule has 3 atom stereocenters. The van der Waals surface area contributed by atoms with Crippen LogP contribution in [0.1, 0.15) is 64.7 Å². The highest BCUT2D eigenvalue weighted by atomic mass is 16.7. The van der Waals surface area contributed by atoms with Crippen molar-refractivity contribution in [1.82, 2.24) is 0 Å². The van der Waals surface area contributed by atoms with Crippen LogP contribution in [0.15, 0.2) is 0 Å². The molecule has 0 amide bonds. The number of aliphatic hydroxyl groups is 1. The minimum absolute atomic E-state index is 0.169. The van der Waals surface area contributed by atoms with Crippen LogP contribution in [0.3, 0.4) is 0 Å². The Hall–Kier alpha value is -0.630. The summed E-state index contributed by atoms with van der Waals surface area (Å²) in [4.78, 5) is 0. The third-order valence-electron chi connectivity index (χ3n) is 3.54. The van der Waals surface area contributed by atoms with Crippen LogP contribution in [-0.2, 0) is 9.47 Å². The van der Waals surface area contributed by atoms with Crippen molar-refractivity contribution in [3.8, 4) is 6.07 Å². The van der Waals surface area contributed by atoms with E-state index in [1.165, 1.54) is 0 Å². The highest BCUT2D eigenvalue weighted by Crippen LogP contribution is 2.21. The van der Waals surface area contributed by atoms with Gasteiger partial charge in [-0.05, 0) is 32.1 Å². The average molecular weight is 269 g/mol. The smallest absolute Gasteiger partial charge is 0.158 e. The van der Waals surface area contributed by atoms with E-state index < -0.39 is 6.10 Å². The fourth-order valence-corrected chi connectivity index (χ4v) is 2.36. The van der Waals surface area contributed by atoms with Crippen molar-refractivity contribution in [2.45, 2.75) is 83.2 Å². The van der Waals surface area contributed by atoms with E-state index in [0.29, 0.717) is 12.8 Å². The third kappa shape index (κ3) is 6.91. The second-order valence-corrected chi connectivity index (χ2v) is 5.23. The molecular weight excluding hydrogens is 242 g/mol. The maximum absolute atomic E-state index is 10.1. The summed E-state index contributed by atoms with van der Waals surface area (Å²) >= 11 is 0. The van der Waals surface area contributed by atoms with E-state index in [4.69, 9.17) is 14.7 Å². The predicted molar refractivity (Wildman–Crippen MR) is 73.5 cm³/mol. The molecule has 0 aliphatic carbocycles. The molecule has 0 bridgehead atoms. The van der Waals surface area contributed by atoms with Gasteiger partial charge in [0.25, 0.3) is 0 Å². The predicted octanol–water partition coefficient (Wildman–Crippen LogP) is 3.14. The summed E-state index contributed by atoms with van der Waals surface area (Å²) in [5, 5.41) is 18.7. The number of rotatable bonds is 9. The summed E-state index contributed by atoms with van der Waals surface area (Å²) in [5.41, 5.74) is 0. The molecule has 0 radical (unpaired) electrons. The summed E-state index contributed by atoms with van der Waals surface area (Å²) in [7, 11) is 0. The third-order valence-corrected chi connectivity index (χ3v) is 3.54. The van der Waals surface area contributed by atoms with Gasteiger partial charge < -0.3 is 14.6 Å². The molecule has 4 heteroatoms. The maximum Gasteiger partial charge on any atom is 0.158 e. The molecule has 1 saturated heterocycles. The largest absolute Gasteiger partial charge is 0.390 e. The molecule has 110 valence electrons. The number of unbranched alkanes of at least 4 members (excludes halogenated alkanes) is 2. The number of nitrogens with zero attached hydrogens (tertiary/aromatic N) is 1. The standard InChI is InChI=1S/C15H27NO3/c1-2-3-4-9-14(13(17)8-7-11-16)19-15-10-5-6-12-18-15/h13-15,17H,2-10,12H2,1H3/t13-,14+,15?/m0/s1. The first-order valence-electron chi connectivity index (χ1n) is 7.60. The van der Waals surface area contributed by atoms with Crippen molar-refractivity contribution in [2.75, 3.05) is 6.61 Å². The molecule has 1 aliphatic heterocycles. The lowest BCUT2D eigenvalue weighted by Gasteiger charge is -2.30. The van der Waals surface area contributed by atoms with Crippen LogP contribution in [0.25, 0.3) is 0 Å². The van der Waals surface area contributed by atoms with Crippen molar-refractivity contribution in [3.05, 3.63) is 0 Å². The number of aliphatic hydroxyl groups excluding tert-OH is 1. The summed E-state index contributed by atoms with van der Waals surface area (Å²) < 4.78 is 11.5. The van der Waals surface area contributed by atoms with Gasteiger partial charge in [-0.3, -0.25) is 0 Å². The summed E-state index contributed by atoms with van der Waals surface area (Å²) in [5.74, 6) is 0. The molecule has 1 N–H and O–H groups in total. The SMILES string of the molecule is CCCCC[C@@H](OC1CCCCO1)[C@@H](O)CCC#N. The Morgan fingerprint density at radius 2 is 2.21 bits per heavy atom. The van der Waals surface area contributed by atoms with Gasteiger partial charge >= 0.3 is 0 Å². The number of hydrogen-bond acceptors (Lipinski definition) is 4. The van der Waals surface area contributed by atoms with Crippen LogP contribution in [-0.4, -0.2) is 30.2 Å². The zero-order chi connectivity index (χ0) is 13.9. The van der Waals surface area contributed by atoms with Gasteiger partial charge in [0, 0.05) is 13.0 Å². The van der Waals surface area contributed by atoms with Gasteiger partial charge in [0.1, 0.15) is 0 Å². The van der Waals surface area contributed by atoms with E-state index in [0.717, 1.165) is 51.6 Å². The molecular formula is C15H27NO3. The lowest BCUT2D eigenvalue weighted by Crippen LogP contribution is -2.35. The van der Waals surface area contributed by atoms with E-state index in [-0.39, 0.29) is 12.4 Å². The Labute approximate surface area is 116 Å². The summed E-state index contributed by atoms with van der Waals surface area (Å²) in [6.07, 6.45) is 7.28. The first-order chi connectivity index (χ1) is 9.27. The quantitative estimate of drug-likeness (QED) is 0.653. The second kappa shape index (κ2) is 10.2. The first-order valence-corrected chi connectivity index (χ1v) is 7.60. The lowest BCUT2D eigenvalue weighted by molar-refractivity contribution is -0.208. The topological polar surface area (TPSA) is 62.5 Å². The Morgan fingerprint density at radius 3 is 2.84 bits per heavy atom. The molecule has 19 heavy (non-hydrogen) atoms. The van der Waals surface area contributed by atoms with Crippen molar-refractivity contribution < 1.29 is 14.6 Å². The highest BCUT2D eigenvalue weighted by Gasteiger charge is 2.25. The van der Waals surface area contributed by atoms with Crippen LogP contribution < -0.4 is 0 Å². The Morgan fingerprint density at radius 1 is 1.37 bits per heavy atom. The molecule has 0 spiro atoms. The lowest BCUT2D eigenvalue weighted by atomic mass is 10.0. The van der Waals surface area contributed by atoms with Crippen LogP contribution in [0.5, 0.6) is 0 Å². The van der Waals surface area contributed by atoms with Crippen molar-refractivity contribution >= 4 is 0 Å². The van der Waals surface area contributed by atoms with Gasteiger partial charge in [-0.2, -0.15) is 5.26 Å². The summed E-state index contributed by atoms with van der Waals surface area (Å²) in [6.45, 7) is 2.91. The minimum atomic E-state index is -0.554. The van der Waals surface area contributed by atoms with E-state index in [1.54, 1.807) is 0 Å². The minimum Gasteiger partial charge on any atom is -0.390 e. The molecule has 0 aromatic heterocycles. The molecule has 0 saturated carbocycles. The van der Waals surface area contributed by atoms with E-state index >= 15 is 0 Å². The summed E-state index contributed by atoms with van der Waals surface area (Å²) in [6, 6.07) is 2.08. The molecule has 1 unspecified atom stereocenters. The molecule has 0 aromatic rings. The normalized spacial score (nSPS) is 22.7. The Kier molecular flexibility index (Phi) is 8.81. The molecule has 0 aromatic carbocycles. The van der Waals surface area contributed by atoms with Crippen molar-refractivity contribution in [3.63, 3.8) is 0 Å². The van der Waals surface area contributed by atoms with Crippen molar-refractivity contribution in [2.24, 2.45) is 0 Å². The number of hydrogen-bond donors (Lipinski definition) is 1. The zero-order valence-electron chi connectivity index (χ0n) is 12.0. The molecule has 1 rings (SSSR count). The zero-order valence-corrected chi connectivity index (χ0v) is 12.0. The fraction of sp³-hybridized carbons (Fsp3) is 0.933. The van der Waals surface area contributed by atoms with Crippen LogP contribution >= 0.6 is 0 Å². The maximum atomic E-state index is 10.1. The first kappa shape index (κ1) is 16.4. The molecule has 1 aliphatic rings. The number of nitriles is 1. The van der Waals surface area contributed by atoms with E-state index in [2.05, 4.69) is 13.0 Å². The monoisotopic (exact) mass is 269 g/mol. The van der Waals surface area contributed by atoms with E-state index in [1.807, 2.05) is 0 Å².